The van der Waals surface area contributed by atoms with Gasteiger partial charge in [0.25, 0.3) is 5.88 Å². The van der Waals surface area contributed by atoms with Crippen LogP contribution in [0.1, 0.15) is 20.3 Å². The van der Waals surface area contributed by atoms with Crippen LogP contribution in [0.25, 0.3) is 0 Å². The van der Waals surface area contributed by atoms with Gasteiger partial charge in [0.1, 0.15) is 0 Å². The van der Waals surface area contributed by atoms with E-state index < -0.39 is 5.82 Å². The highest BCUT2D eigenvalue weighted by Crippen LogP contribution is 2.16. The van der Waals surface area contributed by atoms with E-state index >= 15 is 0 Å². The highest BCUT2D eigenvalue weighted by atomic mass is 19.1. The summed E-state index contributed by atoms with van der Waals surface area (Å²) in [5.74, 6) is -0.187. The van der Waals surface area contributed by atoms with Crippen molar-refractivity contribution >= 4 is 5.95 Å². The van der Waals surface area contributed by atoms with Gasteiger partial charge in [0.15, 0.2) is 0 Å². The second kappa shape index (κ2) is 4.74. The van der Waals surface area contributed by atoms with Crippen molar-refractivity contribution in [2.75, 3.05) is 12.4 Å². The Morgan fingerprint density at radius 2 is 2.36 bits per heavy atom. The SMILES string of the molecule is CCC(C)Oc1nc(NC)ncc1F. The molecule has 1 aromatic heterocycles. The van der Waals surface area contributed by atoms with Crippen LogP contribution in [-0.4, -0.2) is 23.1 Å². The van der Waals surface area contributed by atoms with Crippen molar-refractivity contribution in [3.63, 3.8) is 0 Å². The predicted molar refractivity (Wildman–Crippen MR) is 51.9 cm³/mol. The maximum Gasteiger partial charge on any atom is 0.255 e. The van der Waals surface area contributed by atoms with E-state index in [1.165, 1.54) is 0 Å². The first kappa shape index (κ1) is 10.7. The number of hydrogen-bond acceptors (Lipinski definition) is 4. The van der Waals surface area contributed by atoms with E-state index in [2.05, 4.69) is 15.3 Å². The Bertz CT molecular complexity index is 306. The van der Waals surface area contributed by atoms with Crippen LogP contribution in [0.2, 0.25) is 0 Å². The maximum atomic E-state index is 13.1. The zero-order valence-electron chi connectivity index (χ0n) is 8.54. The average molecular weight is 199 g/mol. The summed E-state index contributed by atoms with van der Waals surface area (Å²) in [6, 6.07) is 0. The normalized spacial score (nSPS) is 12.3. The van der Waals surface area contributed by atoms with E-state index in [4.69, 9.17) is 4.74 Å². The first-order valence-electron chi connectivity index (χ1n) is 4.54. The standard InChI is InChI=1S/C9H14FN3O/c1-4-6(2)14-8-7(10)5-12-9(11-3)13-8/h5-6H,4H2,1-3H3,(H,11,12,13). The molecule has 0 amide bonds. The van der Waals surface area contributed by atoms with Crippen LogP contribution in [0.4, 0.5) is 10.3 Å². The molecule has 5 heteroatoms. The fraction of sp³-hybridized carbons (Fsp3) is 0.556. The Labute approximate surface area is 82.5 Å². The van der Waals surface area contributed by atoms with Gasteiger partial charge >= 0.3 is 0 Å². The number of rotatable bonds is 4. The van der Waals surface area contributed by atoms with Gasteiger partial charge in [-0.2, -0.15) is 9.37 Å². The molecule has 1 heterocycles. The molecule has 1 aromatic rings. The third-order valence-electron chi connectivity index (χ3n) is 1.82. The third-order valence-corrected chi connectivity index (χ3v) is 1.82. The Morgan fingerprint density at radius 3 is 2.93 bits per heavy atom. The number of anilines is 1. The zero-order valence-corrected chi connectivity index (χ0v) is 8.54. The Hall–Kier alpha value is -1.39. The van der Waals surface area contributed by atoms with E-state index in [-0.39, 0.29) is 12.0 Å². The summed E-state index contributed by atoms with van der Waals surface area (Å²) >= 11 is 0. The number of nitrogens with one attached hydrogen (secondary N) is 1. The van der Waals surface area contributed by atoms with Crippen molar-refractivity contribution in [2.45, 2.75) is 26.4 Å². The fourth-order valence-electron chi connectivity index (χ4n) is 0.828. The minimum absolute atomic E-state index is 0.00120. The number of nitrogens with zero attached hydrogens (tertiary/aromatic N) is 2. The van der Waals surface area contributed by atoms with E-state index in [0.717, 1.165) is 12.6 Å². The summed E-state index contributed by atoms with van der Waals surface area (Å²) in [6.45, 7) is 3.82. The smallest absolute Gasteiger partial charge is 0.255 e. The molecular weight excluding hydrogens is 185 g/mol. The molecule has 1 atom stereocenters. The van der Waals surface area contributed by atoms with Crippen molar-refractivity contribution in [3.8, 4) is 5.88 Å². The van der Waals surface area contributed by atoms with E-state index in [1.54, 1.807) is 7.05 Å². The molecule has 0 saturated carbocycles. The number of ether oxygens (including phenoxy) is 1. The summed E-state index contributed by atoms with van der Waals surface area (Å²) in [5.41, 5.74) is 0. The summed E-state index contributed by atoms with van der Waals surface area (Å²) in [5, 5.41) is 2.72. The summed E-state index contributed by atoms with van der Waals surface area (Å²) in [4.78, 5) is 7.57. The Morgan fingerprint density at radius 1 is 1.64 bits per heavy atom. The topological polar surface area (TPSA) is 47.0 Å². The molecule has 78 valence electrons. The molecule has 14 heavy (non-hydrogen) atoms. The zero-order chi connectivity index (χ0) is 10.6. The Balaban J connectivity index is 2.83. The fourth-order valence-corrected chi connectivity index (χ4v) is 0.828. The first-order valence-corrected chi connectivity index (χ1v) is 4.54. The second-order valence-electron chi connectivity index (χ2n) is 2.93. The molecule has 0 fully saturated rings. The van der Waals surface area contributed by atoms with Crippen LogP contribution < -0.4 is 10.1 Å². The van der Waals surface area contributed by atoms with Crippen molar-refractivity contribution in [3.05, 3.63) is 12.0 Å². The number of aromatic nitrogens is 2. The lowest BCUT2D eigenvalue weighted by Gasteiger charge is -2.12. The molecule has 1 unspecified atom stereocenters. The summed E-state index contributed by atoms with van der Waals surface area (Å²) in [6.07, 6.45) is 1.85. The monoisotopic (exact) mass is 199 g/mol. The van der Waals surface area contributed by atoms with Gasteiger partial charge in [-0.3, -0.25) is 0 Å². The molecule has 0 aliphatic rings. The molecule has 0 saturated heterocycles. The third kappa shape index (κ3) is 2.55. The molecule has 0 aliphatic heterocycles. The van der Waals surface area contributed by atoms with Gasteiger partial charge in [-0.05, 0) is 13.3 Å². The van der Waals surface area contributed by atoms with Crippen LogP contribution in [0.15, 0.2) is 6.20 Å². The minimum atomic E-state index is -0.538. The van der Waals surface area contributed by atoms with Crippen LogP contribution in [0, 0.1) is 5.82 Å². The largest absolute Gasteiger partial charge is 0.472 e. The van der Waals surface area contributed by atoms with Crippen molar-refractivity contribution < 1.29 is 9.13 Å². The van der Waals surface area contributed by atoms with E-state index in [9.17, 15) is 4.39 Å². The molecule has 0 aliphatic carbocycles. The van der Waals surface area contributed by atoms with Gasteiger partial charge in [0, 0.05) is 7.05 Å². The first-order chi connectivity index (χ1) is 6.67. The van der Waals surface area contributed by atoms with Gasteiger partial charge in [0.05, 0.1) is 12.3 Å². The maximum absolute atomic E-state index is 13.1. The molecule has 1 rings (SSSR count). The number of hydrogen-bond donors (Lipinski definition) is 1. The van der Waals surface area contributed by atoms with Gasteiger partial charge < -0.3 is 10.1 Å². The van der Waals surface area contributed by atoms with Crippen molar-refractivity contribution in [1.29, 1.82) is 0 Å². The molecular formula is C9H14FN3O. The lowest BCUT2D eigenvalue weighted by Crippen LogP contribution is -2.13. The average Bonchev–Trinajstić information content (AvgIpc) is 2.21. The Kier molecular flexibility index (Phi) is 3.62. The van der Waals surface area contributed by atoms with E-state index in [0.29, 0.717) is 5.95 Å². The number of halogens is 1. The quantitative estimate of drug-likeness (QED) is 0.803. The van der Waals surface area contributed by atoms with Gasteiger partial charge in [-0.25, -0.2) is 4.98 Å². The van der Waals surface area contributed by atoms with Gasteiger partial charge in [-0.15, -0.1) is 0 Å². The molecule has 1 N–H and O–H groups in total. The van der Waals surface area contributed by atoms with Gasteiger partial charge in [-0.1, -0.05) is 6.92 Å². The van der Waals surface area contributed by atoms with Crippen LogP contribution in [-0.2, 0) is 0 Å². The second-order valence-corrected chi connectivity index (χ2v) is 2.93. The lowest BCUT2D eigenvalue weighted by atomic mass is 10.3. The summed E-state index contributed by atoms with van der Waals surface area (Å²) in [7, 11) is 1.67. The summed E-state index contributed by atoms with van der Waals surface area (Å²) < 4.78 is 18.4. The van der Waals surface area contributed by atoms with Gasteiger partial charge in [0.2, 0.25) is 11.8 Å². The lowest BCUT2D eigenvalue weighted by molar-refractivity contribution is 0.198. The van der Waals surface area contributed by atoms with Crippen molar-refractivity contribution in [1.82, 2.24) is 9.97 Å². The highest BCUT2D eigenvalue weighted by molar-refractivity contribution is 5.27. The van der Waals surface area contributed by atoms with Crippen LogP contribution >= 0.6 is 0 Å². The predicted octanol–water partition coefficient (Wildman–Crippen LogP) is 1.83. The van der Waals surface area contributed by atoms with Crippen LogP contribution in [0.5, 0.6) is 5.88 Å². The minimum Gasteiger partial charge on any atom is -0.472 e. The molecule has 4 nitrogen and oxygen atoms in total. The van der Waals surface area contributed by atoms with Crippen LogP contribution in [0.3, 0.4) is 0 Å². The van der Waals surface area contributed by atoms with Crippen molar-refractivity contribution in [2.24, 2.45) is 0 Å². The molecule has 0 radical (unpaired) electrons. The van der Waals surface area contributed by atoms with E-state index in [1.807, 2.05) is 13.8 Å². The molecule has 0 spiro atoms. The molecule has 0 aromatic carbocycles. The highest BCUT2D eigenvalue weighted by Gasteiger charge is 2.10. The molecule has 0 bridgehead atoms.